The molecule has 3 fully saturated rings. The summed E-state index contributed by atoms with van der Waals surface area (Å²) in [7, 11) is 0. The summed E-state index contributed by atoms with van der Waals surface area (Å²) in [6, 6.07) is 0. The zero-order valence-electron chi connectivity index (χ0n) is 11.2. The smallest absolute Gasteiger partial charge is 0.0487 e. The van der Waals surface area contributed by atoms with Crippen molar-refractivity contribution in [2.45, 2.75) is 46.0 Å². The van der Waals surface area contributed by atoms with Gasteiger partial charge in [-0.2, -0.15) is 0 Å². The fraction of sp³-hybridized carbons (Fsp3) is 1.00. The molecule has 2 N–H and O–H groups in total. The lowest BCUT2D eigenvalue weighted by atomic mass is 9.57. The van der Waals surface area contributed by atoms with Crippen LogP contribution in [0, 0.1) is 34.5 Å². The highest BCUT2D eigenvalue weighted by Gasteiger charge is 2.59. The predicted molar refractivity (Wildman–Crippen MR) is 67.4 cm³/mol. The monoisotopic (exact) mass is 238 g/mol. The molecule has 0 aromatic heterocycles. The molecule has 0 spiro atoms. The van der Waals surface area contributed by atoms with Crippen molar-refractivity contribution in [1.82, 2.24) is 0 Å². The van der Waals surface area contributed by atoms with Crippen LogP contribution in [0.1, 0.15) is 46.0 Å². The number of rotatable bonds is 2. The molecular formula is C15H26O2. The van der Waals surface area contributed by atoms with E-state index in [1.54, 1.807) is 0 Å². The third-order valence-electron chi connectivity index (χ3n) is 6.41. The van der Waals surface area contributed by atoms with Gasteiger partial charge in [0, 0.05) is 13.2 Å². The Labute approximate surface area is 104 Å². The van der Waals surface area contributed by atoms with Crippen molar-refractivity contribution in [1.29, 1.82) is 0 Å². The molecule has 0 aliphatic heterocycles. The Bertz CT molecular complexity index is 316. The molecule has 0 radical (unpaired) electrons. The molecular weight excluding hydrogens is 212 g/mol. The summed E-state index contributed by atoms with van der Waals surface area (Å²) in [5, 5.41) is 19.3. The Kier molecular flexibility index (Phi) is 2.61. The van der Waals surface area contributed by atoms with E-state index >= 15 is 0 Å². The number of hydrogen-bond donors (Lipinski definition) is 2. The van der Waals surface area contributed by atoms with Crippen LogP contribution in [0.2, 0.25) is 0 Å². The van der Waals surface area contributed by atoms with Gasteiger partial charge >= 0.3 is 0 Å². The zero-order chi connectivity index (χ0) is 12.3. The molecule has 3 aliphatic rings. The van der Waals surface area contributed by atoms with Crippen LogP contribution in [0.25, 0.3) is 0 Å². The molecule has 0 saturated heterocycles. The van der Waals surface area contributed by atoms with Crippen LogP contribution in [0.3, 0.4) is 0 Å². The number of aliphatic hydroxyl groups is 2. The molecule has 2 nitrogen and oxygen atoms in total. The lowest BCUT2D eigenvalue weighted by Crippen LogP contribution is -2.43. The molecule has 0 heterocycles. The summed E-state index contributed by atoms with van der Waals surface area (Å²) in [5.74, 6) is 3.26. The third-order valence-corrected chi connectivity index (χ3v) is 6.41. The average molecular weight is 238 g/mol. The summed E-state index contributed by atoms with van der Waals surface area (Å²) in [4.78, 5) is 0. The summed E-state index contributed by atoms with van der Waals surface area (Å²) in [6.45, 7) is 5.21. The van der Waals surface area contributed by atoms with Crippen molar-refractivity contribution >= 4 is 0 Å². The molecule has 3 saturated carbocycles. The molecule has 17 heavy (non-hydrogen) atoms. The maximum atomic E-state index is 9.68. The van der Waals surface area contributed by atoms with E-state index in [1.807, 2.05) is 0 Å². The summed E-state index contributed by atoms with van der Waals surface area (Å²) in [6.07, 6.45) is 6.28. The first-order valence-electron chi connectivity index (χ1n) is 7.23. The third kappa shape index (κ3) is 1.60. The van der Waals surface area contributed by atoms with Crippen molar-refractivity contribution in [3.63, 3.8) is 0 Å². The fourth-order valence-corrected chi connectivity index (χ4v) is 5.37. The highest BCUT2D eigenvalue weighted by molar-refractivity contribution is 5.08. The SMILES string of the molecule is CC1(CO)CCC2C3CC(C2C1)C(C)(CO)C3. The Hall–Kier alpha value is -0.0800. The van der Waals surface area contributed by atoms with Gasteiger partial charge in [0.2, 0.25) is 0 Å². The molecule has 0 amide bonds. The van der Waals surface area contributed by atoms with Gasteiger partial charge in [-0.05, 0) is 66.6 Å². The maximum Gasteiger partial charge on any atom is 0.0487 e. The van der Waals surface area contributed by atoms with Gasteiger partial charge in [0.25, 0.3) is 0 Å². The van der Waals surface area contributed by atoms with Gasteiger partial charge in [-0.1, -0.05) is 13.8 Å². The van der Waals surface area contributed by atoms with Crippen molar-refractivity contribution in [2.24, 2.45) is 34.5 Å². The van der Waals surface area contributed by atoms with Gasteiger partial charge in [0.05, 0.1) is 0 Å². The molecule has 98 valence electrons. The van der Waals surface area contributed by atoms with Gasteiger partial charge in [-0.3, -0.25) is 0 Å². The van der Waals surface area contributed by atoms with E-state index < -0.39 is 0 Å². The Morgan fingerprint density at radius 2 is 1.82 bits per heavy atom. The number of fused-ring (bicyclic) bond motifs is 5. The Morgan fingerprint density at radius 3 is 2.47 bits per heavy atom. The number of hydrogen-bond acceptors (Lipinski definition) is 2. The van der Waals surface area contributed by atoms with Crippen LogP contribution in [-0.2, 0) is 0 Å². The lowest BCUT2D eigenvalue weighted by Gasteiger charge is -2.49. The van der Waals surface area contributed by atoms with Crippen molar-refractivity contribution < 1.29 is 10.2 Å². The van der Waals surface area contributed by atoms with E-state index in [0.717, 1.165) is 17.8 Å². The second-order valence-corrected chi connectivity index (χ2v) is 7.66. The van der Waals surface area contributed by atoms with Gasteiger partial charge in [0.15, 0.2) is 0 Å². The largest absolute Gasteiger partial charge is 0.396 e. The summed E-state index contributed by atoms with van der Waals surface area (Å²) in [5.41, 5.74) is 0.335. The van der Waals surface area contributed by atoms with E-state index in [4.69, 9.17) is 0 Å². The molecule has 3 aliphatic carbocycles. The van der Waals surface area contributed by atoms with Gasteiger partial charge < -0.3 is 10.2 Å². The van der Waals surface area contributed by atoms with Crippen LogP contribution in [-0.4, -0.2) is 23.4 Å². The Balaban J connectivity index is 1.82. The molecule has 6 unspecified atom stereocenters. The molecule has 0 aromatic rings. The second-order valence-electron chi connectivity index (χ2n) is 7.66. The zero-order valence-corrected chi connectivity index (χ0v) is 11.2. The van der Waals surface area contributed by atoms with Gasteiger partial charge in [0.1, 0.15) is 0 Å². The van der Waals surface area contributed by atoms with Gasteiger partial charge in [-0.15, -0.1) is 0 Å². The molecule has 2 heteroatoms. The maximum absolute atomic E-state index is 9.68. The van der Waals surface area contributed by atoms with Crippen molar-refractivity contribution in [3.05, 3.63) is 0 Å². The molecule has 2 bridgehead atoms. The highest BCUT2D eigenvalue weighted by Crippen LogP contribution is 2.66. The lowest BCUT2D eigenvalue weighted by molar-refractivity contribution is -0.0357. The van der Waals surface area contributed by atoms with Crippen LogP contribution >= 0.6 is 0 Å². The quantitative estimate of drug-likeness (QED) is 0.775. The fourth-order valence-electron chi connectivity index (χ4n) is 5.37. The summed E-state index contributed by atoms with van der Waals surface area (Å²) < 4.78 is 0. The van der Waals surface area contributed by atoms with Crippen LogP contribution in [0.5, 0.6) is 0 Å². The van der Waals surface area contributed by atoms with Crippen molar-refractivity contribution in [3.8, 4) is 0 Å². The minimum atomic E-state index is 0.155. The van der Waals surface area contributed by atoms with E-state index in [1.165, 1.54) is 32.1 Å². The second kappa shape index (κ2) is 3.71. The van der Waals surface area contributed by atoms with E-state index in [-0.39, 0.29) is 10.8 Å². The Morgan fingerprint density at radius 1 is 1.06 bits per heavy atom. The highest BCUT2D eigenvalue weighted by atomic mass is 16.3. The first kappa shape index (κ1) is 12.0. The molecule has 3 rings (SSSR count). The first-order valence-corrected chi connectivity index (χ1v) is 7.23. The van der Waals surface area contributed by atoms with Crippen LogP contribution in [0.15, 0.2) is 0 Å². The standard InChI is InChI=1S/C15H26O2/c1-14(8-16)4-3-11-10-5-13(12(11)7-14)15(2,6-10)9-17/h10-13,16-17H,3-9H2,1-2H3. The average Bonchev–Trinajstić information content (AvgIpc) is 2.84. The normalized spacial score (nSPS) is 57.2. The van der Waals surface area contributed by atoms with Crippen molar-refractivity contribution in [2.75, 3.05) is 13.2 Å². The van der Waals surface area contributed by atoms with E-state index in [2.05, 4.69) is 13.8 Å². The van der Waals surface area contributed by atoms with Crippen LogP contribution in [0.4, 0.5) is 0 Å². The minimum Gasteiger partial charge on any atom is -0.396 e. The number of aliphatic hydroxyl groups excluding tert-OH is 2. The van der Waals surface area contributed by atoms with E-state index in [0.29, 0.717) is 19.1 Å². The van der Waals surface area contributed by atoms with E-state index in [9.17, 15) is 10.2 Å². The summed E-state index contributed by atoms with van der Waals surface area (Å²) >= 11 is 0. The predicted octanol–water partition coefficient (Wildman–Crippen LogP) is 2.44. The first-order chi connectivity index (χ1) is 8.01. The molecule has 0 aromatic carbocycles. The topological polar surface area (TPSA) is 40.5 Å². The van der Waals surface area contributed by atoms with Gasteiger partial charge in [-0.25, -0.2) is 0 Å². The molecule has 6 atom stereocenters. The minimum absolute atomic E-state index is 0.155. The van der Waals surface area contributed by atoms with Crippen LogP contribution < -0.4 is 0 Å².